The van der Waals surface area contributed by atoms with E-state index >= 15 is 0 Å². The summed E-state index contributed by atoms with van der Waals surface area (Å²) in [5, 5.41) is 0. The molecular formula is C18H28O9S2. The summed E-state index contributed by atoms with van der Waals surface area (Å²) in [4.78, 5) is 46.4. The second kappa shape index (κ2) is 11.1. The van der Waals surface area contributed by atoms with Crippen molar-refractivity contribution in [2.45, 2.75) is 83.1 Å². The Morgan fingerprint density at radius 3 is 1.72 bits per heavy atom. The second-order valence-corrected chi connectivity index (χ2v) is 10.5. The third-order valence-corrected chi connectivity index (χ3v) is 6.86. The summed E-state index contributed by atoms with van der Waals surface area (Å²) in [5.41, 5.74) is -0.764. The van der Waals surface area contributed by atoms with Crippen molar-refractivity contribution >= 4 is 45.5 Å². The van der Waals surface area contributed by atoms with Crippen molar-refractivity contribution in [2.24, 2.45) is 0 Å². The maximum atomic E-state index is 11.7. The lowest BCUT2D eigenvalue weighted by Crippen LogP contribution is -2.61. The summed E-state index contributed by atoms with van der Waals surface area (Å²) in [7, 11) is 2.77. The number of hydrogen-bond acceptors (Lipinski definition) is 11. The molecule has 0 saturated carbocycles. The topological polar surface area (TPSA) is 114 Å². The minimum Gasteiger partial charge on any atom is -0.463 e. The van der Waals surface area contributed by atoms with E-state index in [1.165, 1.54) is 49.3 Å². The Balaban J connectivity index is 3.28. The smallest absolute Gasteiger partial charge is 0.303 e. The maximum Gasteiger partial charge on any atom is 0.303 e. The van der Waals surface area contributed by atoms with Gasteiger partial charge in [0.1, 0.15) is 12.7 Å². The van der Waals surface area contributed by atoms with Crippen LogP contribution in [0.5, 0.6) is 0 Å². The number of hydrogen-bond donors (Lipinski definition) is 0. The van der Waals surface area contributed by atoms with Crippen LogP contribution in [0.4, 0.5) is 0 Å². The monoisotopic (exact) mass is 452 g/mol. The van der Waals surface area contributed by atoms with Crippen molar-refractivity contribution in [3.63, 3.8) is 0 Å². The Kier molecular flexibility index (Phi) is 9.77. The molecule has 1 aliphatic rings. The van der Waals surface area contributed by atoms with Gasteiger partial charge in [0.05, 0.1) is 0 Å². The lowest BCUT2D eigenvalue weighted by atomic mass is 9.99. The fraction of sp³-hybridized carbons (Fsp3) is 0.778. The highest BCUT2D eigenvalue weighted by Gasteiger charge is 2.52. The van der Waals surface area contributed by atoms with Crippen LogP contribution in [-0.4, -0.2) is 65.1 Å². The van der Waals surface area contributed by atoms with E-state index in [0.717, 1.165) is 0 Å². The highest BCUT2D eigenvalue weighted by Crippen LogP contribution is 2.44. The quantitative estimate of drug-likeness (QED) is 0.322. The van der Waals surface area contributed by atoms with Crippen LogP contribution in [-0.2, 0) is 42.9 Å². The number of carbonyl (C=O) groups excluding carboxylic acids is 4. The van der Waals surface area contributed by atoms with E-state index in [1.54, 1.807) is 0 Å². The molecule has 0 unspecified atom stereocenters. The predicted octanol–water partition coefficient (Wildman–Crippen LogP) is 2.25. The van der Waals surface area contributed by atoms with E-state index in [4.69, 9.17) is 23.7 Å². The van der Waals surface area contributed by atoms with Gasteiger partial charge in [-0.15, -0.1) is 0 Å². The van der Waals surface area contributed by atoms with Crippen molar-refractivity contribution in [2.75, 3.05) is 6.61 Å². The van der Waals surface area contributed by atoms with Crippen molar-refractivity contribution in [1.82, 2.24) is 0 Å². The normalized spacial score (nSPS) is 26.9. The lowest BCUT2D eigenvalue weighted by molar-refractivity contribution is -0.237. The SMILES string of the molecule is CC(=O)OC[C@H]1O[C@@H](SSC(C)(C)C)[C@@H](OC(C)=O)[C@@H](OC(C)=O)[C@@H]1OC(C)=O. The molecule has 29 heavy (non-hydrogen) atoms. The van der Waals surface area contributed by atoms with Crippen LogP contribution >= 0.6 is 21.6 Å². The third-order valence-electron chi connectivity index (χ3n) is 3.34. The van der Waals surface area contributed by atoms with Crippen molar-refractivity contribution < 1.29 is 42.9 Å². The van der Waals surface area contributed by atoms with E-state index in [-0.39, 0.29) is 11.4 Å². The van der Waals surface area contributed by atoms with Crippen LogP contribution in [0.1, 0.15) is 48.5 Å². The molecule has 0 aromatic heterocycles. The summed E-state index contributed by atoms with van der Waals surface area (Å²) >= 11 is 0. The fourth-order valence-corrected chi connectivity index (χ4v) is 4.96. The average Bonchev–Trinajstić information content (AvgIpc) is 2.53. The molecule has 0 amide bonds. The molecule has 0 spiro atoms. The summed E-state index contributed by atoms with van der Waals surface area (Å²) < 4.78 is 27.0. The molecule has 1 heterocycles. The molecule has 0 aromatic rings. The number of esters is 4. The highest BCUT2D eigenvalue weighted by atomic mass is 33.1. The van der Waals surface area contributed by atoms with Crippen LogP contribution < -0.4 is 0 Å². The maximum absolute atomic E-state index is 11.7. The molecule has 1 rings (SSSR count). The van der Waals surface area contributed by atoms with Crippen LogP contribution in [0, 0.1) is 0 Å². The van der Waals surface area contributed by atoms with E-state index < -0.39 is 53.7 Å². The Labute approximate surface area is 178 Å². The Morgan fingerprint density at radius 1 is 0.793 bits per heavy atom. The molecular weight excluding hydrogens is 424 g/mol. The molecule has 0 aromatic carbocycles. The van der Waals surface area contributed by atoms with Crippen LogP contribution in [0.25, 0.3) is 0 Å². The molecule has 1 saturated heterocycles. The first kappa shape index (κ1) is 25.6. The van der Waals surface area contributed by atoms with E-state index in [0.29, 0.717) is 0 Å². The first-order valence-corrected chi connectivity index (χ1v) is 11.2. The molecule has 5 atom stereocenters. The highest BCUT2D eigenvalue weighted by molar-refractivity contribution is 8.77. The van der Waals surface area contributed by atoms with E-state index in [2.05, 4.69) is 0 Å². The van der Waals surface area contributed by atoms with Gasteiger partial charge in [0.15, 0.2) is 23.7 Å². The lowest BCUT2D eigenvalue weighted by Gasteiger charge is -2.44. The summed E-state index contributed by atoms with van der Waals surface area (Å²) in [6, 6.07) is 0. The van der Waals surface area contributed by atoms with Crippen molar-refractivity contribution in [3.8, 4) is 0 Å². The molecule has 0 aliphatic carbocycles. The predicted molar refractivity (Wildman–Crippen MR) is 107 cm³/mol. The van der Waals surface area contributed by atoms with Gasteiger partial charge in [-0.3, -0.25) is 19.2 Å². The minimum atomic E-state index is -1.13. The first-order chi connectivity index (χ1) is 13.3. The molecule has 0 N–H and O–H groups in total. The van der Waals surface area contributed by atoms with Gasteiger partial charge in [-0.2, -0.15) is 0 Å². The van der Waals surface area contributed by atoms with Crippen molar-refractivity contribution in [1.29, 1.82) is 0 Å². The Hall–Kier alpha value is -1.46. The summed E-state index contributed by atoms with van der Waals surface area (Å²) in [5.74, 6) is -2.46. The van der Waals surface area contributed by atoms with Gasteiger partial charge in [0.2, 0.25) is 0 Å². The standard InChI is InChI=1S/C18H28O9S2/c1-9(19)23-8-13-14(24-10(2)20)15(25-11(3)21)16(26-12(4)22)17(27-13)28-29-18(5,6)7/h13-17H,8H2,1-7H3/t13-,14-,15+,16+,17+/m1/s1. The second-order valence-electron chi connectivity index (χ2n) is 7.36. The Bertz CT molecular complexity index is 617. The van der Waals surface area contributed by atoms with E-state index in [1.807, 2.05) is 20.8 Å². The molecule has 0 radical (unpaired) electrons. The van der Waals surface area contributed by atoms with Gasteiger partial charge < -0.3 is 23.7 Å². The number of ether oxygens (including phenoxy) is 5. The minimum absolute atomic E-state index is 0.149. The molecule has 166 valence electrons. The van der Waals surface area contributed by atoms with Crippen LogP contribution in [0.15, 0.2) is 0 Å². The van der Waals surface area contributed by atoms with Gasteiger partial charge >= 0.3 is 23.9 Å². The first-order valence-electron chi connectivity index (χ1n) is 8.95. The molecule has 11 heteroatoms. The molecule has 0 bridgehead atoms. The number of carbonyl (C=O) groups is 4. The zero-order valence-electron chi connectivity index (χ0n) is 17.6. The summed E-state index contributed by atoms with van der Waals surface area (Å²) in [6.07, 6.45) is -4.21. The van der Waals surface area contributed by atoms with Gasteiger partial charge in [0.25, 0.3) is 0 Å². The van der Waals surface area contributed by atoms with Gasteiger partial charge in [0, 0.05) is 32.4 Å². The van der Waals surface area contributed by atoms with Gasteiger partial charge in [-0.1, -0.05) is 42.4 Å². The summed E-state index contributed by atoms with van der Waals surface area (Å²) in [6.45, 7) is 10.6. The van der Waals surface area contributed by atoms with Crippen molar-refractivity contribution in [3.05, 3.63) is 0 Å². The third kappa shape index (κ3) is 9.26. The van der Waals surface area contributed by atoms with Crippen LogP contribution in [0.3, 0.4) is 0 Å². The zero-order chi connectivity index (χ0) is 22.4. The fourth-order valence-electron chi connectivity index (χ4n) is 2.46. The van der Waals surface area contributed by atoms with Gasteiger partial charge in [-0.25, -0.2) is 0 Å². The molecule has 1 fully saturated rings. The molecule has 1 aliphatic heterocycles. The van der Waals surface area contributed by atoms with Crippen LogP contribution in [0.2, 0.25) is 0 Å². The average molecular weight is 453 g/mol. The van der Waals surface area contributed by atoms with E-state index in [9.17, 15) is 19.2 Å². The molecule has 9 nitrogen and oxygen atoms in total. The Morgan fingerprint density at radius 2 is 1.28 bits per heavy atom. The number of rotatable bonds is 7. The zero-order valence-corrected chi connectivity index (χ0v) is 19.2. The van der Waals surface area contributed by atoms with Gasteiger partial charge in [-0.05, 0) is 0 Å². The largest absolute Gasteiger partial charge is 0.463 e.